The van der Waals surface area contributed by atoms with E-state index in [1.54, 1.807) is 6.92 Å². The van der Waals surface area contributed by atoms with Gasteiger partial charge in [0.25, 0.3) is 0 Å². The van der Waals surface area contributed by atoms with Gasteiger partial charge in [0.2, 0.25) is 0 Å². The van der Waals surface area contributed by atoms with Gasteiger partial charge < -0.3 is 15.2 Å². The van der Waals surface area contributed by atoms with Crippen molar-refractivity contribution in [1.29, 1.82) is 0 Å². The Morgan fingerprint density at radius 2 is 1.80 bits per heavy atom. The fraction of sp³-hybridized carbons (Fsp3) is 0.533. The molecule has 0 radical (unpaired) electrons. The van der Waals surface area contributed by atoms with E-state index in [0.29, 0.717) is 6.61 Å². The first-order valence-electron chi connectivity index (χ1n) is 6.52. The van der Waals surface area contributed by atoms with Crippen LogP contribution in [0.25, 0.3) is 0 Å². The van der Waals surface area contributed by atoms with Gasteiger partial charge >= 0.3 is 5.97 Å². The molecule has 0 saturated carbocycles. The second kappa shape index (κ2) is 8.12. The van der Waals surface area contributed by atoms with E-state index in [9.17, 15) is 4.79 Å². The molecule has 114 valence electrons. The zero-order chi connectivity index (χ0) is 14.5. The monoisotopic (exact) mass is 301 g/mol. The molecule has 0 saturated heterocycles. The molecule has 1 atom stereocenters. The number of esters is 1. The summed E-state index contributed by atoms with van der Waals surface area (Å²) in [5, 5.41) is 0. The Hall–Kier alpha value is -1.26. The van der Waals surface area contributed by atoms with E-state index in [1.165, 1.54) is 0 Å². The average molecular weight is 302 g/mol. The molecule has 1 rings (SSSR count). The Balaban J connectivity index is 0.00000361. The summed E-state index contributed by atoms with van der Waals surface area (Å²) in [6.07, 6.45) is 0.188. The summed E-state index contributed by atoms with van der Waals surface area (Å²) in [4.78, 5) is 11.4. The van der Waals surface area contributed by atoms with Crippen LogP contribution in [-0.2, 0) is 9.53 Å². The lowest BCUT2D eigenvalue weighted by Gasteiger charge is -2.21. The van der Waals surface area contributed by atoms with E-state index in [0.717, 1.165) is 11.3 Å². The minimum Gasteiger partial charge on any atom is -0.488 e. The van der Waals surface area contributed by atoms with Gasteiger partial charge in [0, 0.05) is 6.04 Å². The minimum absolute atomic E-state index is 0. The van der Waals surface area contributed by atoms with Gasteiger partial charge in [0.1, 0.15) is 11.4 Å². The highest BCUT2D eigenvalue weighted by Gasteiger charge is 2.14. The number of carbonyl (C=O) groups excluding carboxylic acids is 1. The third-order valence-corrected chi connectivity index (χ3v) is 2.42. The SMILES string of the molecule is CCOC(=O)C[C@@H](N)c1ccc(OC(C)(C)C)cc1.Cl. The van der Waals surface area contributed by atoms with Crippen molar-refractivity contribution < 1.29 is 14.3 Å². The van der Waals surface area contributed by atoms with Gasteiger partial charge in [0.15, 0.2) is 0 Å². The largest absolute Gasteiger partial charge is 0.488 e. The molecule has 2 N–H and O–H groups in total. The maximum atomic E-state index is 11.4. The maximum absolute atomic E-state index is 11.4. The molecule has 0 aliphatic heterocycles. The van der Waals surface area contributed by atoms with Gasteiger partial charge in [-0.1, -0.05) is 12.1 Å². The van der Waals surface area contributed by atoms with Gasteiger partial charge in [-0.05, 0) is 45.4 Å². The maximum Gasteiger partial charge on any atom is 0.307 e. The Bertz CT molecular complexity index is 412. The molecule has 5 heteroatoms. The summed E-state index contributed by atoms with van der Waals surface area (Å²) < 4.78 is 10.6. The molecule has 0 bridgehead atoms. The van der Waals surface area contributed by atoms with E-state index < -0.39 is 0 Å². The third kappa shape index (κ3) is 6.78. The predicted octanol–water partition coefficient (Wildman–Crippen LogP) is 3.24. The first-order valence-corrected chi connectivity index (χ1v) is 6.52. The van der Waals surface area contributed by atoms with E-state index in [1.807, 2.05) is 45.0 Å². The smallest absolute Gasteiger partial charge is 0.307 e. The van der Waals surface area contributed by atoms with E-state index >= 15 is 0 Å². The Labute approximate surface area is 127 Å². The Morgan fingerprint density at radius 3 is 2.25 bits per heavy atom. The van der Waals surface area contributed by atoms with Crippen LogP contribution in [-0.4, -0.2) is 18.2 Å². The Morgan fingerprint density at radius 1 is 1.25 bits per heavy atom. The highest BCUT2D eigenvalue weighted by molar-refractivity contribution is 5.85. The van der Waals surface area contributed by atoms with Crippen molar-refractivity contribution in [2.75, 3.05) is 6.61 Å². The summed E-state index contributed by atoms with van der Waals surface area (Å²) in [5.41, 5.74) is 6.63. The predicted molar refractivity (Wildman–Crippen MR) is 82.2 cm³/mol. The zero-order valence-electron chi connectivity index (χ0n) is 12.5. The van der Waals surface area contributed by atoms with Crippen molar-refractivity contribution in [3.63, 3.8) is 0 Å². The van der Waals surface area contributed by atoms with Crippen molar-refractivity contribution in [1.82, 2.24) is 0 Å². The van der Waals surface area contributed by atoms with Crippen LogP contribution in [0, 0.1) is 0 Å². The summed E-state index contributed by atoms with van der Waals surface area (Å²) in [6, 6.07) is 7.15. The summed E-state index contributed by atoms with van der Waals surface area (Å²) in [7, 11) is 0. The van der Waals surface area contributed by atoms with Crippen molar-refractivity contribution in [2.24, 2.45) is 5.73 Å². The van der Waals surface area contributed by atoms with Crippen molar-refractivity contribution in [3.05, 3.63) is 29.8 Å². The molecule has 1 aromatic carbocycles. The topological polar surface area (TPSA) is 61.5 Å². The van der Waals surface area contributed by atoms with E-state index in [2.05, 4.69) is 0 Å². The molecule has 4 nitrogen and oxygen atoms in total. The molecule has 0 heterocycles. The molecule has 1 aromatic rings. The molecule has 0 aromatic heterocycles. The van der Waals surface area contributed by atoms with Crippen LogP contribution >= 0.6 is 12.4 Å². The lowest BCUT2D eigenvalue weighted by atomic mass is 10.0. The second-order valence-electron chi connectivity index (χ2n) is 5.40. The van der Waals surface area contributed by atoms with Crippen LogP contribution < -0.4 is 10.5 Å². The standard InChI is InChI=1S/C15H23NO3.ClH/c1-5-18-14(17)10-13(16)11-6-8-12(9-7-11)19-15(2,3)4;/h6-9,13H,5,10,16H2,1-4H3;1H/t13-;/m1./s1. The Kier molecular flexibility index (Phi) is 7.61. The molecule has 20 heavy (non-hydrogen) atoms. The molecule has 0 fully saturated rings. The van der Waals surface area contributed by atoms with Crippen LogP contribution in [0.4, 0.5) is 0 Å². The van der Waals surface area contributed by atoms with E-state index in [4.69, 9.17) is 15.2 Å². The number of carbonyl (C=O) groups is 1. The number of halogens is 1. The van der Waals surface area contributed by atoms with Gasteiger partial charge in [-0.15, -0.1) is 12.4 Å². The normalized spacial score (nSPS) is 12.2. The number of benzene rings is 1. The number of hydrogen-bond acceptors (Lipinski definition) is 4. The number of nitrogens with two attached hydrogens (primary N) is 1. The summed E-state index contributed by atoms with van der Waals surface area (Å²) in [6.45, 7) is 8.14. The van der Waals surface area contributed by atoms with Crippen LogP contribution in [0.5, 0.6) is 5.75 Å². The first kappa shape index (κ1) is 18.7. The lowest BCUT2D eigenvalue weighted by Crippen LogP contribution is -2.23. The molecule has 0 aliphatic carbocycles. The van der Waals surface area contributed by atoms with Crippen molar-refractivity contribution in [2.45, 2.75) is 45.8 Å². The molecule has 0 aliphatic rings. The zero-order valence-corrected chi connectivity index (χ0v) is 13.3. The fourth-order valence-electron chi connectivity index (χ4n) is 1.65. The van der Waals surface area contributed by atoms with Gasteiger partial charge in [-0.25, -0.2) is 0 Å². The molecule has 0 amide bonds. The number of rotatable bonds is 5. The molecule has 0 unspecified atom stereocenters. The fourth-order valence-corrected chi connectivity index (χ4v) is 1.65. The molecular formula is C15H24ClNO3. The lowest BCUT2D eigenvalue weighted by molar-refractivity contribution is -0.143. The summed E-state index contributed by atoms with van der Waals surface area (Å²) in [5.74, 6) is 0.518. The number of ether oxygens (including phenoxy) is 2. The summed E-state index contributed by atoms with van der Waals surface area (Å²) >= 11 is 0. The van der Waals surface area contributed by atoms with E-state index in [-0.39, 0.29) is 36.4 Å². The minimum atomic E-state index is -0.345. The highest BCUT2D eigenvalue weighted by Crippen LogP contribution is 2.22. The third-order valence-electron chi connectivity index (χ3n) is 2.42. The van der Waals surface area contributed by atoms with Crippen LogP contribution in [0.15, 0.2) is 24.3 Å². The van der Waals surface area contributed by atoms with Crippen LogP contribution in [0.3, 0.4) is 0 Å². The van der Waals surface area contributed by atoms with Gasteiger partial charge in [-0.3, -0.25) is 4.79 Å². The second-order valence-corrected chi connectivity index (χ2v) is 5.40. The quantitative estimate of drug-likeness (QED) is 0.848. The first-order chi connectivity index (χ1) is 8.81. The highest BCUT2D eigenvalue weighted by atomic mass is 35.5. The van der Waals surface area contributed by atoms with Crippen molar-refractivity contribution >= 4 is 18.4 Å². The van der Waals surface area contributed by atoms with Gasteiger partial charge in [-0.2, -0.15) is 0 Å². The van der Waals surface area contributed by atoms with Crippen LogP contribution in [0.2, 0.25) is 0 Å². The average Bonchev–Trinajstić information content (AvgIpc) is 2.27. The van der Waals surface area contributed by atoms with Crippen LogP contribution in [0.1, 0.15) is 45.7 Å². The molecule has 0 spiro atoms. The van der Waals surface area contributed by atoms with Crippen molar-refractivity contribution in [3.8, 4) is 5.75 Å². The molecular weight excluding hydrogens is 278 g/mol. The number of hydrogen-bond donors (Lipinski definition) is 1. The van der Waals surface area contributed by atoms with Gasteiger partial charge in [0.05, 0.1) is 13.0 Å².